The Balaban J connectivity index is 1.90. The Kier molecular flexibility index (Phi) is 4.64. The summed E-state index contributed by atoms with van der Waals surface area (Å²) in [5, 5.41) is 13.9. The molecule has 0 saturated heterocycles. The van der Waals surface area contributed by atoms with E-state index in [4.69, 9.17) is 0 Å². The summed E-state index contributed by atoms with van der Waals surface area (Å²) in [5.41, 5.74) is 1.29. The molecule has 0 spiro atoms. The normalized spacial score (nSPS) is 10.6. The van der Waals surface area contributed by atoms with Gasteiger partial charge in [-0.05, 0) is 18.5 Å². The van der Waals surface area contributed by atoms with E-state index in [1.165, 1.54) is 5.56 Å². The summed E-state index contributed by atoms with van der Waals surface area (Å²) >= 11 is 1.69. The van der Waals surface area contributed by atoms with Crippen molar-refractivity contribution in [2.75, 3.05) is 6.54 Å². The number of nitrogens with one attached hydrogen (secondary N) is 1. The summed E-state index contributed by atoms with van der Waals surface area (Å²) in [7, 11) is 0. The largest absolute Gasteiger partial charge is 0.310 e. The van der Waals surface area contributed by atoms with Gasteiger partial charge in [0.05, 0.1) is 0 Å². The monoisotopic (exact) mass is 247 g/mol. The number of hydrogen-bond acceptors (Lipinski definition) is 4. The predicted octanol–water partition coefficient (Wildman–Crippen LogP) is 2.63. The molecule has 3 nitrogen and oxygen atoms in total. The molecule has 0 fully saturated rings. The Morgan fingerprint density at radius 2 is 1.88 bits per heavy atom. The molecule has 17 heavy (non-hydrogen) atoms. The minimum atomic E-state index is 0.834. The lowest BCUT2D eigenvalue weighted by molar-refractivity contribution is 0.668. The molecule has 0 aliphatic carbocycles. The fourth-order valence-electron chi connectivity index (χ4n) is 1.57. The Morgan fingerprint density at radius 1 is 1.12 bits per heavy atom. The summed E-state index contributed by atoms with van der Waals surface area (Å²) < 4.78 is 0. The smallest absolute Gasteiger partial charge is 0.131 e. The first-order valence-electron chi connectivity index (χ1n) is 5.94. The van der Waals surface area contributed by atoms with Crippen LogP contribution in [-0.2, 0) is 13.0 Å². The topological polar surface area (TPSA) is 37.8 Å². The van der Waals surface area contributed by atoms with E-state index >= 15 is 0 Å². The van der Waals surface area contributed by atoms with Gasteiger partial charge in [-0.2, -0.15) is 0 Å². The third kappa shape index (κ3) is 3.91. The number of aromatic nitrogens is 2. The van der Waals surface area contributed by atoms with Crippen molar-refractivity contribution in [3.8, 4) is 0 Å². The van der Waals surface area contributed by atoms with E-state index in [2.05, 4.69) is 46.7 Å². The quantitative estimate of drug-likeness (QED) is 0.797. The second-order valence-electron chi connectivity index (χ2n) is 3.93. The van der Waals surface area contributed by atoms with Crippen LogP contribution in [0.15, 0.2) is 30.3 Å². The second-order valence-corrected chi connectivity index (χ2v) is 5.08. The van der Waals surface area contributed by atoms with Crippen LogP contribution in [0.4, 0.5) is 0 Å². The summed E-state index contributed by atoms with van der Waals surface area (Å²) in [6.07, 6.45) is 2.03. The highest BCUT2D eigenvalue weighted by molar-refractivity contribution is 7.11. The fourth-order valence-corrected chi connectivity index (χ4v) is 2.42. The highest BCUT2D eigenvalue weighted by Crippen LogP contribution is 2.14. The molecule has 2 rings (SSSR count). The lowest BCUT2D eigenvalue weighted by Gasteiger charge is -1.97. The minimum Gasteiger partial charge on any atom is -0.310 e. The van der Waals surface area contributed by atoms with Gasteiger partial charge in [-0.1, -0.05) is 48.6 Å². The van der Waals surface area contributed by atoms with E-state index in [1.54, 1.807) is 11.3 Å². The third-order valence-electron chi connectivity index (χ3n) is 2.41. The van der Waals surface area contributed by atoms with Gasteiger partial charge in [0.1, 0.15) is 10.0 Å². The van der Waals surface area contributed by atoms with Gasteiger partial charge in [0.15, 0.2) is 0 Å². The van der Waals surface area contributed by atoms with Gasteiger partial charge in [-0.25, -0.2) is 0 Å². The molecule has 0 bridgehead atoms. The zero-order valence-corrected chi connectivity index (χ0v) is 10.8. The molecular formula is C13H17N3S. The highest BCUT2D eigenvalue weighted by Gasteiger charge is 2.04. The predicted molar refractivity (Wildman–Crippen MR) is 71.2 cm³/mol. The Hall–Kier alpha value is -1.26. The molecule has 90 valence electrons. The van der Waals surface area contributed by atoms with Gasteiger partial charge < -0.3 is 5.32 Å². The van der Waals surface area contributed by atoms with Crippen LogP contribution in [0, 0.1) is 0 Å². The molecule has 4 heteroatoms. The molecule has 0 atom stereocenters. The Bertz CT molecular complexity index is 439. The van der Waals surface area contributed by atoms with E-state index in [9.17, 15) is 0 Å². The maximum absolute atomic E-state index is 4.22. The Labute approximate surface area is 106 Å². The lowest BCUT2D eigenvalue weighted by Crippen LogP contribution is -2.13. The van der Waals surface area contributed by atoms with Gasteiger partial charge in [-0.15, -0.1) is 10.2 Å². The molecule has 0 aliphatic rings. The van der Waals surface area contributed by atoms with Crippen molar-refractivity contribution < 1.29 is 0 Å². The molecule has 0 unspecified atom stereocenters. The molecule has 2 aromatic rings. The van der Waals surface area contributed by atoms with E-state index < -0.39 is 0 Å². The molecule has 1 aromatic carbocycles. The molecule has 1 N–H and O–H groups in total. The lowest BCUT2D eigenvalue weighted by atomic mass is 10.2. The van der Waals surface area contributed by atoms with E-state index in [1.807, 2.05) is 6.07 Å². The number of hydrogen-bond donors (Lipinski definition) is 1. The van der Waals surface area contributed by atoms with E-state index in [0.717, 1.165) is 35.9 Å². The van der Waals surface area contributed by atoms with Crippen molar-refractivity contribution in [2.24, 2.45) is 0 Å². The van der Waals surface area contributed by atoms with Gasteiger partial charge in [0, 0.05) is 13.0 Å². The van der Waals surface area contributed by atoms with Gasteiger partial charge >= 0.3 is 0 Å². The van der Waals surface area contributed by atoms with Crippen molar-refractivity contribution in [1.29, 1.82) is 0 Å². The van der Waals surface area contributed by atoms with Crippen molar-refractivity contribution in [3.63, 3.8) is 0 Å². The number of nitrogens with zero attached hydrogens (tertiary/aromatic N) is 2. The van der Waals surface area contributed by atoms with Crippen molar-refractivity contribution in [3.05, 3.63) is 45.9 Å². The summed E-state index contributed by atoms with van der Waals surface area (Å²) in [6, 6.07) is 10.4. The van der Waals surface area contributed by atoms with Crippen molar-refractivity contribution >= 4 is 11.3 Å². The molecule has 1 heterocycles. The molecule has 0 radical (unpaired) electrons. The van der Waals surface area contributed by atoms with Gasteiger partial charge in [0.2, 0.25) is 0 Å². The van der Waals surface area contributed by atoms with E-state index in [-0.39, 0.29) is 0 Å². The second kappa shape index (κ2) is 6.47. The van der Waals surface area contributed by atoms with Crippen LogP contribution < -0.4 is 5.32 Å². The first kappa shape index (κ1) is 12.2. The van der Waals surface area contributed by atoms with Crippen LogP contribution in [-0.4, -0.2) is 16.7 Å². The third-order valence-corrected chi connectivity index (χ3v) is 3.33. The summed E-state index contributed by atoms with van der Waals surface area (Å²) in [5.74, 6) is 0. The highest BCUT2D eigenvalue weighted by atomic mass is 32.1. The van der Waals surface area contributed by atoms with Gasteiger partial charge in [-0.3, -0.25) is 0 Å². The van der Waals surface area contributed by atoms with Crippen LogP contribution in [0.5, 0.6) is 0 Å². The molecule has 0 saturated carbocycles. The summed E-state index contributed by atoms with van der Waals surface area (Å²) in [4.78, 5) is 0. The van der Waals surface area contributed by atoms with Crippen LogP contribution >= 0.6 is 11.3 Å². The maximum Gasteiger partial charge on any atom is 0.131 e. The van der Waals surface area contributed by atoms with Gasteiger partial charge in [0.25, 0.3) is 0 Å². The average Bonchev–Trinajstić information content (AvgIpc) is 2.79. The molecule has 0 aliphatic heterocycles. The average molecular weight is 247 g/mol. The van der Waals surface area contributed by atoms with Crippen LogP contribution in [0.25, 0.3) is 0 Å². The fraction of sp³-hybridized carbons (Fsp3) is 0.385. The maximum atomic E-state index is 4.22. The van der Waals surface area contributed by atoms with Crippen molar-refractivity contribution in [1.82, 2.24) is 15.5 Å². The molecule has 0 amide bonds. The van der Waals surface area contributed by atoms with Crippen molar-refractivity contribution in [2.45, 2.75) is 26.3 Å². The first-order valence-corrected chi connectivity index (χ1v) is 6.76. The zero-order chi connectivity index (χ0) is 11.9. The van der Waals surface area contributed by atoms with Crippen LogP contribution in [0.3, 0.4) is 0 Å². The SMILES string of the molecule is CCCNCc1nnc(Cc2ccccc2)s1. The van der Waals surface area contributed by atoms with E-state index in [0.29, 0.717) is 0 Å². The van der Waals surface area contributed by atoms with Crippen LogP contribution in [0.1, 0.15) is 28.9 Å². The number of rotatable bonds is 6. The zero-order valence-electron chi connectivity index (χ0n) is 10.0. The first-order chi connectivity index (χ1) is 8.38. The minimum absolute atomic E-state index is 0.834. The molecule has 1 aromatic heterocycles. The van der Waals surface area contributed by atoms with Crippen LogP contribution in [0.2, 0.25) is 0 Å². The number of benzene rings is 1. The Morgan fingerprint density at radius 3 is 2.65 bits per heavy atom. The standard InChI is InChI=1S/C13H17N3S/c1-2-8-14-10-13-16-15-12(17-13)9-11-6-4-3-5-7-11/h3-7,14H,2,8-10H2,1H3. The molecular weight excluding hydrogens is 230 g/mol. The summed E-state index contributed by atoms with van der Waals surface area (Å²) in [6.45, 7) is 4.03.